The molecule has 1 N–H and O–H groups in total. The van der Waals surface area contributed by atoms with Crippen LogP contribution in [0.15, 0.2) is 24.4 Å². The summed E-state index contributed by atoms with van der Waals surface area (Å²) >= 11 is 0. The smallest absolute Gasteiger partial charge is 0.130 e. The zero-order chi connectivity index (χ0) is 13.6. The van der Waals surface area contributed by atoms with Gasteiger partial charge in [0.05, 0.1) is 11.8 Å². The van der Waals surface area contributed by atoms with E-state index in [0.717, 1.165) is 11.3 Å². The van der Waals surface area contributed by atoms with Gasteiger partial charge >= 0.3 is 0 Å². The minimum absolute atomic E-state index is 0.248. The molecule has 0 bridgehead atoms. The zero-order valence-electron chi connectivity index (χ0n) is 10.8. The van der Waals surface area contributed by atoms with Crippen molar-refractivity contribution in [2.75, 3.05) is 0 Å². The van der Waals surface area contributed by atoms with Gasteiger partial charge in [-0.15, -0.1) is 0 Å². The summed E-state index contributed by atoms with van der Waals surface area (Å²) in [5, 5.41) is 14.4. The highest BCUT2D eigenvalue weighted by Crippen LogP contribution is 2.41. The first-order valence-corrected chi connectivity index (χ1v) is 6.19. The maximum Gasteiger partial charge on any atom is 0.130 e. The zero-order valence-corrected chi connectivity index (χ0v) is 10.8. The van der Waals surface area contributed by atoms with E-state index in [0.29, 0.717) is 17.7 Å². The van der Waals surface area contributed by atoms with E-state index >= 15 is 0 Å². The number of ether oxygens (including phenoxy) is 1. The maximum absolute atomic E-state index is 13.2. The molecule has 0 fully saturated rings. The molecule has 4 nitrogen and oxygen atoms in total. The number of fused-ring (bicyclic) bond motifs is 1. The number of hydrogen-bond acceptors (Lipinski definition) is 3. The number of aliphatic hydroxyl groups is 1. The lowest BCUT2D eigenvalue weighted by Gasteiger charge is -2.29. The summed E-state index contributed by atoms with van der Waals surface area (Å²) in [4.78, 5) is 0. The molecule has 1 aliphatic heterocycles. The monoisotopic (exact) mass is 262 g/mol. The Hall–Kier alpha value is -1.88. The Balaban J connectivity index is 1.97. The molecule has 2 atom stereocenters. The SMILES string of the molecule is Cc1nn(C)cc1C1C[C@H](O)c2cc(F)ccc2O1. The second kappa shape index (κ2) is 4.35. The van der Waals surface area contributed by atoms with Gasteiger partial charge in [0.25, 0.3) is 0 Å². The Morgan fingerprint density at radius 2 is 2.21 bits per heavy atom. The lowest BCUT2D eigenvalue weighted by Crippen LogP contribution is -2.19. The average Bonchev–Trinajstić information content (AvgIpc) is 2.69. The van der Waals surface area contributed by atoms with Crippen molar-refractivity contribution < 1.29 is 14.2 Å². The summed E-state index contributed by atoms with van der Waals surface area (Å²) in [7, 11) is 1.85. The fourth-order valence-electron chi connectivity index (χ4n) is 2.54. The van der Waals surface area contributed by atoms with Crippen LogP contribution in [0, 0.1) is 12.7 Å². The molecule has 1 aromatic carbocycles. The first-order chi connectivity index (χ1) is 9.04. The summed E-state index contributed by atoms with van der Waals surface area (Å²) in [5.74, 6) is 0.172. The third-order valence-corrected chi connectivity index (χ3v) is 3.44. The van der Waals surface area contributed by atoms with Crippen molar-refractivity contribution in [2.24, 2.45) is 7.05 Å². The fourth-order valence-corrected chi connectivity index (χ4v) is 2.54. The number of nitrogens with zero attached hydrogens (tertiary/aromatic N) is 2. The van der Waals surface area contributed by atoms with E-state index in [1.54, 1.807) is 10.7 Å². The lowest BCUT2D eigenvalue weighted by molar-refractivity contribution is 0.0650. The molecule has 0 saturated heterocycles. The maximum atomic E-state index is 13.2. The standard InChI is InChI=1S/C14H15FN2O2/c1-8-11(7-17(2)16-8)14-6-12(18)10-5-9(15)3-4-13(10)19-14/h3-5,7,12,14,18H,6H2,1-2H3/t12-,14?/m0/s1. The van der Waals surface area contributed by atoms with Crippen molar-refractivity contribution in [2.45, 2.75) is 25.6 Å². The van der Waals surface area contributed by atoms with E-state index in [-0.39, 0.29) is 11.9 Å². The van der Waals surface area contributed by atoms with Crippen LogP contribution in [0.1, 0.15) is 35.4 Å². The van der Waals surface area contributed by atoms with Gasteiger partial charge in [0.1, 0.15) is 17.7 Å². The van der Waals surface area contributed by atoms with Crippen molar-refractivity contribution in [3.63, 3.8) is 0 Å². The molecular weight excluding hydrogens is 247 g/mol. The number of aromatic nitrogens is 2. The number of halogens is 1. The molecule has 0 amide bonds. The number of hydrogen-bond donors (Lipinski definition) is 1. The Bertz CT molecular complexity index is 624. The van der Waals surface area contributed by atoms with Crippen LogP contribution in [0.5, 0.6) is 5.75 Å². The normalized spacial score (nSPS) is 21.9. The van der Waals surface area contributed by atoms with Crippen LogP contribution in [0.2, 0.25) is 0 Å². The van der Waals surface area contributed by atoms with Crippen molar-refractivity contribution >= 4 is 0 Å². The number of benzene rings is 1. The van der Waals surface area contributed by atoms with E-state index < -0.39 is 6.10 Å². The first kappa shape index (κ1) is 12.2. The molecule has 19 heavy (non-hydrogen) atoms. The molecule has 0 saturated carbocycles. The first-order valence-electron chi connectivity index (χ1n) is 6.19. The van der Waals surface area contributed by atoms with Gasteiger partial charge in [0.15, 0.2) is 0 Å². The largest absolute Gasteiger partial charge is 0.485 e. The minimum atomic E-state index is -0.718. The fraction of sp³-hybridized carbons (Fsp3) is 0.357. The highest BCUT2D eigenvalue weighted by molar-refractivity contribution is 5.39. The van der Waals surface area contributed by atoms with Crippen LogP contribution >= 0.6 is 0 Å². The van der Waals surface area contributed by atoms with E-state index in [9.17, 15) is 9.50 Å². The second-order valence-corrected chi connectivity index (χ2v) is 4.88. The molecule has 3 rings (SSSR count). The second-order valence-electron chi connectivity index (χ2n) is 4.88. The minimum Gasteiger partial charge on any atom is -0.485 e. The molecule has 1 aromatic heterocycles. The lowest BCUT2D eigenvalue weighted by atomic mass is 9.95. The highest BCUT2D eigenvalue weighted by atomic mass is 19.1. The van der Waals surface area contributed by atoms with Crippen LogP contribution in [-0.4, -0.2) is 14.9 Å². The molecule has 2 heterocycles. The van der Waals surface area contributed by atoms with Crippen LogP contribution < -0.4 is 4.74 Å². The van der Waals surface area contributed by atoms with Crippen LogP contribution in [-0.2, 0) is 7.05 Å². The van der Waals surface area contributed by atoms with Gasteiger partial charge < -0.3 is 9.84 Å². The summed E-state index contributed by atoms with van der Waals surface area (Å²) in [6.45, 7) is 1.91. The van der Waals surface area contributed by atoms with Gasteiger partial charge in [-0.1, -0.05) is 0 Å². The number of rotatable bonds is 1. The van der Waals surface area contributed by atoms with E-state index in [1.807, 2.05) is 20.2 Å². The molecular formula is C14H15FN2O2. The molecule has 100 valence electrons. The third-order valence-electron chi connectivity index (χ3n) is 3.44. The van der Waals surface area contributed by atoms with Crippen molar-refractivity contribution in [3.8, 4) is 5.75 Å². The Kier molecular flexibility index (Phi) is 2.78. The molecule has 1 aliphatic rings. The highest BCUT2D eigenvalue weighted by Gasteiger charge is 2.30. The predicted octanol–water partition coefficient (Wildman–Crippen LogP) is 2.42. The molecule has 1 unspecified atom stereocenters. The predicted molar refractivity (Wildman–Crippen MR) is 67.3 cm³/mol. The van der Waals surface area contributed by atoms with Gasteiger partial charge in [-0.2, -0.15) is 5.10 Å². The Morgan fingerprint density at radius 3 is 2.89 bits per heavy atom. The van der Waals surface area contributed by atoms with Crippen LogP contribution in [0.4, 0.5) is 4.39 Å². The molecule has 2 aromatic rings. The van der Waals surface area contributed by atoms with Crippen LogP contribution in [0.25, 0.3) is 0 Å². The van der Waals surface area contributed by atoms with E-state index in [1.165, 1.54) is 12.1 Å². The van der Waals surface area contributed by atoms with Gasteiger partial charge in [-0.25, -0.2) is 4.39 Å². The summed E-state index contributed by atoms with van der Waals surface area (Å²) in [6.07, 6.45) is 1.33. The van der Waals surface area contributed by atoms with Crippen molar-refractivity contribution in [1.82, 2.24) is 9.78 Å². The molecule has 0 spiro atoms. The quantitative estimate of drug-likeness (QED) is 0.858. The molecule has 0 aliphatic carbocycles. The third kappa shape index (κ3) is 2.10. The Labute approximate surface area is 110 Å². The number of aryl methyl sites for hydroxylation is 2. The van der Waals surface area contributed by atoms with Gasteiger partial charge in [0.2, 0.25) is 0 Å². The van der Waals surface area contributed by atoms with Gasteiger partial charge in [0, 0.05) is 30.8 Å². The van der Waals surface area contributed by atoms with Crippen LogP contribution in [0.3, 0.4) is 0 Å². The van der Waals surface area contributed by atoms with E-state index in [2.05, 4.69) is 5.10 Å². The number of aliphatic hydroxyl groups excluding tert-OH is 1. The topological polar surface area (TPSA) is 47.3 Å². The molecule has 0 radical (unpaired) electrons. The Morgan fingerprint density at radius 1 is 1.42 bits per heavy atom. The summed E-state index contributed by atoms with van der Waals surface area (Å²) < 4.78 is 20.8. The summed E-state index contributed by atoms with van der Waals surface area (Å²) in [6, 6.07) is 4.22. The summed E-state index contributed by atoms with van der Waals surface area (Å²) in [5.41, 5.74) is 2.35. The van der Waals surface area contributed by atoms with Crippen molar-refractivity contribution in [1.29, 1.82) is 0 Å². The van der Waals surface area contributed by atoms with E-state index in [4.69, 9.17) is 4.74 Å². The van der Waals surface area contributed by atoms with Gasteiger partial charge in [-0.05, 0) is 25.1 Å². The average molecular weight is 262 g/mol. The molecule has 5 heteroatoms. The van der Waals surface area contributed by atoms with Crippen molar-refractivity contribution in [3.05, 3.63) is 47.0 Å². The van der Waals surface area contributed by atoms with Gasteiger partial charge in [-0.3, -0.25) is 4.68 Å².